The summed E-state index contributed by atoms with van der Waals surface area (Å²) in [7, 11) is 0. The van der Waals surface area contributed by atoms with Gasteiger partial charge in [-0.15, -0.1) is 0 Å². The third-order valence-corrected chi connectivity index (χ3v) is 6.20. The Morgan fingerprint density at radius 2 is 1.78 bits per heavy atom. The van der Waals surface area contributed by atoms with Crippen LogP contribution >= 0.6 is 0 Å². The topological polar surface area (TPSA) is 125 Å². The Labute approximate surface area is 212 Å². The molecule has 0 saturated carbocycles. The minimum atomic E-state index is -0.623. The van der Waals surface area contributed by atoms with Gasteiger partial charge in [0.05, 0.1) is 28.7 Å². The average Bonchev–Trinajstić information content (AvgIpc) is 3.23. The number of hydrogen-bond acceptors (Lipinski definition) is 7. The number of nitrogens with zero attached hydrogens (tertiary/aromatic N) is 6. The molecule has 0 radical (unpaired) electrons. The Morgan fingerprint density at radius 1 is 1.05 bits per heavy atom. The lowest BCUT2D eigenvalue weighted by atomic mass is 9.97. The van der Waals surface area contributed by atoms with Crippen LogP contribution in [0.15, 0.2) is 65.8 Å². The van der Waals surface area contributed by atoms with Crippen molar-refractivity contribution in [2.75, 3.05) is 5.73 Å². The second-order valence-corrected chi connectivity index (χ2v) is 9.85. The van der Waals surface area contributed by atoms with Crippen LogP contribution in [0.3, 0.4) is 0 Å². The van der Waals surface area contributed by atoms with Crippen LogP contribution in [0, 0.1) is 5.82 Å². The largest absolute Gasteiger partial charge is 0.508 e. The van der Waals surface area contributed by atoms with E-state index in [1.807, 2.05) is 58.0 Å². The Hall–Kier alpha value is -4.60. The Balaban J connectivity index is 1.78. The number of benzene rings is 2. The molecule has 3 heterocycles. The maximum absolute atomic E-state index is 14.2. The number of fused-ring (bicyclic) bond motifs is 1. The summed E-state index contributed by atoms with van der Waals surface area (Å²) in [4.78, 5) is 22.3. The van der Waals surface area contributed by atoms with Gasteiger partial charge >= 0.3 is 0 Å². The van der Waals surface area contributed by atoms with Gasteiger partial charge in [0, 0.05) is 17.2 Å². The number of hydrogen-bond donors (Lipinski definition) is 2. The minimum Gasteiger partial charge on any atom is -0.508 e. The lowest BCUT2D eigenvalue weighted by molar-refractivity contribution is 0.337. The van der Waals surface area contributed by atoms with Crippen molar-refractivity contribution in [1.82, 2.24) is 29.5 Å². The van der Waals surface area contributed by atoms with Gasteiger partial charge in [-0.2, -0.15) is 10.2 Å². The predicted molar refractivity (Wildman–Crippen MR) is 140 cm³/mol. The van der Waals surface area contributed by atoms with E-state index in [0.29, 0.717) is 33.4 Å². The molecule has 9 nitrogen and oxygen atoms in total. The zero-order valence-corrected chi connectivity index (χ0v) is 20.8. The van der Waals surface area contributed by atoms with E-state index < -0.39 is 17.4 Å². The molecular formula is C27H26FN7O2. The number of aromatic nitrogens is 6. The molecule has 5 rings (SSSR count). The molecule has 0 aliphatic rings. The Kier molecular flexibility index (Phi) is 5.74. The van der Waals surface area contributed by atoms with E-state index in [-0.39, 0.29) is 17.1 Å². The summed E-state index contributed by atoms with van der Waals surface area (Å²) in [5.74, 6) is -0.711. The second kappa shape index (κ2) is 8.81. The smallest absolute Gasteiger partial charge is 0.275 e. The molecule has 0 spiro atoms. The monoisotopic (exact) mass is 499 g/mol. The molecule has 0 aliphatic carbocycles. The molecule has 1 atom stereocenters. The third-order valence-electron chi connectivity index (χ3n) is 6.20. The molecule has 0 aliphatic heterocycles. The highest BCUT2D eigenvalue weighted by atomic mass is 19.1. The first-order valence-corrected chi connectivity index (χ1v) is 11.7. The molecule has 2 aromatic carbocycles. The zero-order chi connectivity index (χ0) is 26.5. The van der Waals surface area contributed by atoms with Gasteiger partial charge in [-0.25, -0.2) is 23.7 Å². The summed E-state index contributed by atoms with van der Waals surface area (Å²) in [6, 6.07) is 12.5. The highest BCUT2D eigenvalue weighted by Crippen LogP contribution is 2.36. The normalized spacial score (nSPS) is 12.7. The minimum absolute atomic E-state index is 0.159. The highest BCUT2D eigenvalue weighted by Gasteiger charge is 2.27. The fraction of sp³-hybridized carbons (Fsp3) is 0.222. The summed E-state index contributed by atoms with van der Waals surface area (Å²) in [6.45, 7) is 7.63. The van der Waals surface area contributed by atoms with Crippen molar-refractivity contribution in [1.29, 1.82) is 0 Å². The van der Waals surface area contributed by atoms with Crippen molar-refractivity contribution in [2.45, 2.75) is 39.3 Å². The maximum atomic E-state index is 14.2. The van der Waals surface area contributed by atoms with Crippen LogP contribution in [-0.4, -0.2) is 34.6 Å². The van der Waals surface area contributed by atoms with E-state index in [4.69, 9.17) is 10.8 Å². The van der Waals surface area contributed by atoms with Gasteiger partial charge in [0.25, 0.3) is 5.56 Å². The highest BCUT2D eigenvalue weighted by molar-refractivity contribution is 5.98. The molecule has 0 amide bonds. The van der Waals surface area contributed by atoms with Crippen LogP contribution in [0.4, 0.5) is 10.2 Å². The average molecular weight is 500 g/mol. The number of halogens is 1. The predicted octanol–water partition coefficient (Wildman–Crippen LogP) is 4.51. The fourth-order valence-electron chi connectivity index (χ4n) is 4.47. The number of phenolic OH excluding ortho intramolecular Hbond substituents is 1. The van der Waals surface area contributed by atoms with Crippen molar-refractivity contribution < 1.29 is 9.50 Å². The van der Waals surface area contributed by atoms with Crippen molar-refractivity contribution in [2.24, 2.45) is 0 Å². The SMILES string of the molecule is CC(c1cnn(C(C)(C)C)c(=O)c1-c1ccccc1)n1nc(-c2cc(O)cc(F)c2)c2c(N)ncnc21. The molecule has 0 bridgehead atoms. The van der Waals surface area contributed by atoms with Gasteiger partial charge in [0.2, 0.25) is 0 Å². The quantitative estimate of drug-likeness (QED) is 0.373. The van der Waals surface area contributed by atoms with E-state index in [9.17, 15) is 14.3 Å². The Morgan fingerprint density at radius 3 is 2.46 bits per heavy atom. The lowest BCUT2D eigenvalue weighted by Crippen LogP contribution is -2.37. The summed E-state index contributed by atoms with van der Waals surface area (Å²) < 4.78 is 17.2. The van der Waals surface area contributed by atoms with Crippen LogP contribution in [-0.2, 0) is 5.54 Å². The standard InChI is InChI=1S/C27H26FN7O2/c1-15(20-13-32-35(27(2,3)4)26(37)21(20)16-8-6-5-7-9-16)34-25-22(24(29)30-14-31-25)23(33-34)17-10-18(28)12-19(36)11-17/h5-15,36H,1-4H3,(H2,29,30,31). The second-order valence-electron chi connectivity index (χ2n) is 9.85. The van der Waals surface area contributed by atoms with Gasteiger partial charge in [-0.3, -0.25) is 4.79 Å². The van der Waals surface area contributed by atoms with Gasteiger partial charge in [0.15, 0.2) is 5.65 Å². The number of rotatable bonds is 4. The van der Waals surface area contributed by atoms with Gasteiger partial charge < -0.3 is 10.8 Å². The summed E-state index contributed by atoms with van der Waals surface area (Å²) in [5, 5.41) is 19.6. The first kappa shape index (κ1) is 24.1. The van der Waals surface area contributed by atoms with E-state index in [2.05, 4.69) is 15.1 Å². The Bertz CT molecular complexity index is 1670. The molecule has 188 valence electrons. The molecule has 3 N–H and O–H groups in total. The van der Waals surface area contributed by atoms with Crippen molar-refractivity contribution in [3.63, 3.8) is 0 Å². The van der Waals surface area contributed by atoms with Crippen LogP contribution < -0.4 is 11.3 Å². The van der Waals surface area contributed by atoms with Gasteiger partial charge in [-0.1, -0.05) is 30.3 Å². The van der Waals surface area contributed by atoms with Gasteiger partial charge in [0.1, 0.15) is 29.4 Å². The molecule has 37 heavy (non-hydrogen) atoms. The number of nitrogens with two attached hydrogens (primary N) is 1. The van der Waals surface area contributed by atoms with Crippen LogP contribution in [0.5, 0.6) is 5.75 Å². The van der Waals surface area contributed by atoms with Crippen LogP contribution in [0.1, 0.15) is 39.3 Å². The van der Waals surface area contributed by atoms with Crippen molar-refractivity contribution in [3.8, 4) is 28.1 Å². The number of aromatic hydroxyl groups is 1. The summed E-state index contributed by atoms with van der Waals surface area (Å²) >= 11 is 0. The molecule has 1 unspecified atom stereocenters. The molecular weight excluding hydrogens is 473 g/mol. The summed E-state index contributed by atoms with van der Waals surface area (Å²) in [6.07, 6.45) is 2.99. The molecule has 10 heteroatoms. The lowest BCUT2D eigenvalue weighted by Gasteiger charge is -2.24. The number of phenols is 1. The first-order chi connectivity index (χ1) is 17.6. The van der Waals surface area contributed by atoms with Crippen LogP contribution in [0.2, 0.25) is 0 Å². The number of nitrogen functional groups attached to an aromatic ring is 1. The van der Waals surface area contributed by atoms with E-state index in [1.54, 1.807) is 10.9 Å². The van der Waals surface area contributed by atoms with E-state index >= 15 is 0 Å². The van der Waals surface area contributed by atoms with Gasteiger partial charge in [-0.05, 0) is 45.4 Å². The van der Waals surface area contributed by atoms with E-state index in [1.165, 1.54) is 23.1 Å². The molecule has 5 aromatic rings. The fourth-order valence-corrected chi connectivity index (χ4v) is 4.47. The third kappa shape index (κ3) is 4.20. The molecule has 0 fully saturated rings. The first-order valence-electron chi connectivity index (χ1n) is 11.7. The van der Waals surface area contributed by atoms with E-state index in [0.717, 1.165) is 11.6 Å². The molecule has 0 saturated heterocycles. The summed E-state index contributed by atoms with van der Waals surface area (Å²) in [5.41, 5.74) is 8.35. The van der Waals surface area contributed by atoms with Crippen LogP contribution in [0.25, 0.3) is 33.4 Å². The van der Waals surface area contributed by atoms with Crippen molar-refractivity contribution in [3.05, 3.63) is 82.8 Å². The number of anilines is 1. The molecule has 3 aromatic heterocycles. The zero-order valence-electron chi connectivity index (χ0n) is 20.8. The van der Waals surface area contributed by atoms with Crippen molar-refractivity contribution >= 4 is 16.9 Å². The maximum Gasteiger partial charge on any atom is 0.275 e.